The minimum Gasteiger partial charge on any atom is -0.314 e. The van der Waals surface area contributed by atoms with Crippen LogP contribution in [0.4, 0.5) is 11.4 Å². The van der Waals surface area contributed by atoms with Crippen LogP contribution in [0.15, 0.2) is 233 Å². The van der Waals surface area contributed by atoms with Gasteiger partial charge in [0.15, 0.2) is 0 Å². The summed E-state index contributed by atoms with van der Waals surface area (Å²) in [7, 11) is 0. The van der Waals surface area contributed by atoms with E-state index in [9.17, 15) is 0 Å². The van der Waals surface area contributed by atoms with Gasteiger partial charge in [-0.25, -0.2) is 0 Å². The van der Waals surface area contributed by atoms with Crippen LogP contribution in [0.5, 0.6) is 0 Å². The number of para-hydroxylation sites is 2. The SMILES string of the molecule is CC1(C)c2nc([C@@H](CCC3=CCC(c4ccc5c(c4)[C@@]4(C6=C(CCC=C6)N(c6ccccc6)c6ccccc64)C4=C5CCCC4)C=C3)C3=C4C=CC=CC(=C5C=CC=CC5C3)C4)ccc2C2C=CC=CC21. The number of rotatable bonds is 7. The molecule has 9 aliphatic carbocycles. The Morgan fingerprint density at radius 2 is 1.55 bits per heavy atom. The lowest BCUT2D eigenvalue weighted by molar-refractivity contribution is 0.386. The second kappa shape index (κ2) is 16.9. The fourth-order valence-corrected chi connectivity index (χ4v) is 15.2. The smallest absolute Gasteiger partial charge is 0.0710 e. The monoisotopic (exact) mass is 921 g/mol. The first kappa shape index (κ1) is 43.1. The molecule has 2 heterocycles. The summed E-state index contributed by atoms with van der Waals surface area (Å²) in [5.41, 5.74) is 25.9. The van der Waals surface area contributed by atoms with Crippen LogP contribution in [-0.4, -0.2) is 4.98 Å². The van der Waals surface area contributed by atoms with Crippen molar-refractivity contribution in [3.8, 4) is 0 Å². The summed E-state index contributed by atoms with van der Waals surface area (Å²) < 4.78 is 0. The fraction of sp³-hybridized carbons (Fsp3) is 0.290. The molecule has 10 aliphatic rings. The standard InChI is InChI=1S/C69H64N2/c1-68(2)59-26-12-10-25-54(59)57-40-41-64(70-67(57)68)56(58-43-50-20-8-9-23-52(50)48-18-6-7-19-49(58)42-48)38-34-45-32-35-46(36-33-45)47-37-39-55-53-24-11-13-27-60(53)69(63(55)44-47)61-28-14-16-30-65(61)71(51-21-4-3-5-22-51)66-31-17-15-29-62(66)69/h3-10,12,14-16,18-23,25-26,28-30,32-33,35,37,39-41,44,46,50,54,56,59H,11,13,17,24,27,31,34,36,38,42-43H2,1-2H3/t46?,50?,54?,56-,59?,69-/m0/s1. The van der Waals surface area contributed by atoms with E-state index in [-0.39, 0.29) is 16.7 Å². The minimum atomic E-state index is -0.271. The van der Waals surface area contributed by atoms with Gasteiger partial charge in [-0.15, -0.1) is 0 Å². The second-order valence-electron chi connectivity index (χ2n) is 22.5. The highest BCUT2D eigenvalue weighted by atomic mass is 15.2. The van der Waals surface area contributed by atoms with Gasteiger partial charge in [0.1, 0.15) is 0 Å². The predicted octanol–water partition coefficient (Wildman–Crippen LogP) is 17.4. The molecule has 0 radical (unpaired) electrons. The van der Waals surface area contributed by atoms with Crippen molar-refractivity contribution in [2.24, 2.45) is 11.8 Å². The highest BCUT2D eigenvalue weighted by molar-refractivity contribution is 5.92. The molecule has 3 aromatic carbocycles. The van der Waals surface area contributed by atoms with E-state index in [1.54, 1.807) is 16.7 Å². The molecule has 350 valence electrons. The maximum atomic E-state index is 5.80. The van der Waals surface area contributed by atoms with Crippen LogP contribution in [0.2, 0.25) is 0 Å². The Kier molecular flexibility index (Phi) is 10.3. The first-order valence-electron chi connectivity index (χ1n) is 27.1. The molecule has 71 heavy (non-hydrogen) atoms. The molecule has 2 heteroatoms. The Hall–Kier alpha value is -6.77. The van der Waals surface area contributed by atoms with Crippen molar-refractivity contribution < 1.29 is 0 Å². The molecule has 4 aromatic rings. The first-order chi connectivity index (χ1) is 35.0. The van der Waals surface area contributed by atoms with Crippen molar-refractivity contribution >= 4 is 16.9 Å². The maximum Gasteiger partial charge on any atom is 0.0710 e. The molecule has 0 saturated carbocycles. The van der Waals surface area contributed by atoms with Crippen LogP contribution in [0.1, 0.15) is 141 Å². The van der Waals surface area contributed by atoms with Gasteiger partial charge in [0.25, 0.3) is 0 Å². The summed E-state index contributed by atoms with van der Waals surface area (Å²) in [5, 5.41) is 0. The number of pyridine rings is 1. The number of anilines is 2. The molecule has 1 aromatic heterocycles. The summed E-state index contributed by atoms with van der Waals surface area (Å²) in [6.45, 7) is 4.85. The number of hydrogen-bond acceptors (Lipinski definition) is 2. The van der Waals surface area contributed by atoms with Gasteiger partial charge >= 0.3 is 0 Å². The van der Waals surface area contributed by atoms with E-state index >= 15 is 0 Å². The number of nitrogens with zero attached hydrogens (tertiary/aromatic N) is 2. The molecular weight excluding hydrogens is 857 g/mol. The topological polar surface area (TPSA) is 16.1 Å². The third kappa shape index (κ3) is 6.69. The molecule has 0 saturated heterocycles. The Morgan fingerprint density at radius 1 is 0.718 bits per heavy atom. The quantitative estimate of drug-likeness (QED) is 0.184. The number of fused-ring (bicyclic) bond motifs is 13. The molecule has 1 aliphatic heterocycles. The highest BCUT2D eigenvalue weighted by Crippen LogP contribution is 2.65. The Labute approximate surface area is 421 Å². The van der Waals surface area contributed by atoms with Crippen LogP contribution in [0.3, 0.4) is 0 Å². The van der Waals surface area contributed by atoms with E-state index in [0.717, 1.165) is 51.4 Å². The van der Waals surface area contributed by atoms with Gasteiger partial charge in [-0.3, -0.25) is 4.98 Å². The van der Waals surface area contributed by atoms with Crippen molar-refractivity contribution in [2.75, 3.05) is 4.90 Å². The molecule has 2 bridgehead atoms. The Bertz CT molecular complexity index is 3340. The van der Waals surface area contributed by atoms with Crippen molar-refractivity contribution in [1.82, 2.24) is 4.98 Å². The van der Waals surface area contributed by atoms with Crippen molar-refractivity contribution in [3.05, 3.63) is 272 Å². The minimum absolute atomic E-state index is 0.0283. The van der Waals surface area contributed by atoms with Gasteiger partial charge in [0.05, 0.1) is 16.8 Å². The molecular formula is C69H64N2. The molecule has 2 nitrogen and oxygen atoms in total. The largest absolute Gasteiger partial charge is 0.314 e. The lowest BCUT2D eigenvalue weighted by Crippen LogP contribution is -2.40. The van der Waals surface area contributed by atoms with E-state index in [1.807, 2.05) is 0 Å². The van der Waals surface area contributed by atoms with E-state index in [0.29, 0.717) is 23.7 Å². The number of hydrogen-bond donors (Lipinski definition) is 0. The van der Waals surface area contributed by atoms with Crippen molar-refractivity contribution in [2.45, 2.75) is 113 Å². The first-order valence-corrected chi connectivity index (χ1v) is 27.1. The van der Waals surface area contributed by atoms with Gasteiger partial charge in [0, 0.05) is 46.2 Å². The average molecular weight is 921 g/mol. The van der Waals surface area contributed by atoms with E-state index in [1.165, 1.54) is 103 Å². The van der Waals surface area contributed by atoms with Gasteiger partial charge in [-0.1, -0.05) is 189 Å². The van der Waals surface area contributed by atoms with Gasteiger partial charge in [0.2, 0.25) is 0 Å². The van der Waals surface area contributed by atoms with Crippen LogP contribution < -0.4 is 4.90 Å². The van der Waals surface area contributed by atoms with Crippen LogP contribution in [0.25, 0.3) is 5.57 Å². The molecule has 6 atom stereocenters. The molecule has 14 rings (SSSR count). The van der Waals surface area contributed by atoms with Crippen molar-refractivity contribution in [1.29, 1.82) is 0 Å². The summed E-state index contributed by atoms with van der Waals surface area (Å²) in [5.74, 6) is 1.79. The summed E-state index contributed by atoms with van der Waals surface area (Å²) >= 11 is 0. The highest BCUT2D eigenvalue weighted by Gasteiger charge is 2.54. The zero-order chi connectivity index (χ0) is 47.3. The molecule has 1 spiro atoms. The third-order valence-corrected chi connectivity index (χ3v) is 18.5. The average Bonchev–Trinajstić information content (AvgIpc) is 3.60. The number of allylic oxidation sites excluding steroid dienone is 26. The number of benzene rings is 3. The van der Waals surface area contributed by atoms with Gasteiger partial charge in [-0.2, -0.15) is 0 Å². The second-order valence-corrected chi connectivity index (χ2v) is 22.5. The molecule has 4 unspecified atom stereocenters. The predicted molar refractivity (Wildman–Crippen MR) is 295 cm³/mol. The summed E-state index contributed by atoms with van der Waals surface area (Å²) in [6.07, 6.45) is 52.6. The van der Waals surface area contributed by atoms with Crippen LogP contribution in [-0.2, 0) is 10.8 Å². The molecule has 0 fully saturated rings. The van der Waals surface area contributed by atoms with E-state index < -0.39 is 0 Å². The Balaban J connectivity index is 0.805. The third-order valence-electron chi connectivity index (χ3n) is 18.5. The number of aromatic nitrogens is 1. The van der Waals surface area contributed by atoms with E-state index in [2.05, 4.69) is 207 Å². The lowest BCUT2D eigenvalue weighted by atomic mass is 9.61. The van der Waals surface area contributed by atoms with Gasteiger partial charge in [-0.05, 0) is 162 Å². The Morgan fingerprint density at radius 3 is 2.45 bits per heavy atom. The van der Waals surface area contributed by atoms with Crippen molar-refractivity contribution in [3.63, 3.8) is 0 Å². The zero-order valence-electron chi connectivity index (χ0n) is 41.5. The molecule has 0 amide bonds. The zero-order valence-corrected chi connectivity index (χ0v) is 41.5. The normalized spacial score (nSPS) is 27.2. The van der Waals surface area contributed by atoms with Crippen LogP contribution >= 0.6 is 0 Å². The lowest BCUT2D eigenvalue weighted by Gasteiger charge is -2.48. The summed E-state index contributed by atoms with van der Waals surface area (Å²) in [4.78, 5) is 8.39. The van der Waals surface area contributed by atoms with Crippen LogP contribution in [0, 0.1) is 11.8 Å². The molecule has 0 N–H and O–H groups in total. The fourth-order valence-electron chi connectivity index (χ4n) is 15.2. The summed E-state index contributed by atoms with van der Waals surface area (Å²) in [6, 6.07) is 33.1. The van der Waals surface area contributed by atoms with E-state index in [4.69, 9.17) is 4.98 Å². The maximum absolute atomic E-state index is 5.80. The van der Waals surface area contributed by atoms with Gasteiger partial charge < -0.3 is 4.90 Å².